The van der Waals surface area contributed by atoms with Crippen LogP contribution in [0, 0.1) is 5.92 Å². The summed E-state index contributed by atoms with van der Waals surface area (Å²) in [6.07, 6.45) is 2.66. The number of ether oxygens (including phenoxy) is 1. The summed E-state index contributed by atoms with van der Waals surface area (Å²) >= 11 is 12.3. The molecule has 1 atom stereocenters. The summed E-state index contributed by atoms with van der Waals surface area (Å²) in [5, 5.41) is 6.35. The fourth-order valence-electron chi connectivity index (χ4n) is 4.47. The molecule has 11 heteroatoms. The van der Waals surface area contributed by atoms with E-state index in [4.69, 9.17) is 27.9 Å². The van der Waals surface area contributed by atoms with Gasteiger partial charge in [0.2, 0.25) is 15.9 Å². The lowest BCUT2D eigenvalue weighted by atomic mass is 9.97. The Morgan fingerprint density at radius 1 is 1.00 bits per heavy atom. The number of anilines is 1. The normalized spacial score (nSPS) is 19.2. The van der Waals surface area contributed by atoms with E-state index in [1.165, 1.54) is 4.31 Å². The number of amides is 2. The molecule has 0 aliphatic carbocycles. The molecule has 0 saturated carbocycles. The van der Waals surface area contributed by atoms with Crippen LogP contribution in [0.2, 0.25) is 10.0 Å². The van der Waals surface area contributed by atoms with Crippen molar-refractivity contribution in [2.75, 3.05) is 31.6 Å². The molecule has 2 aromatic carbocycles. The molecule has 0 radical (unpaired) electrons. The maximum atomic E-state index is 13.0. The average Bonchev–Trinajstić information content (AvgIpc) is 3.39. The van der Waals surface area contributed by atoms with Gasteiger partial charge in [-0.25, -0.2) is 12.7 Å². The predicted molar refractivity (Wildman–Crippen MR) is 140 cm³/mol. The summed E-state index contributed by atoms with van der Waals surface area (Å²) in [7, 11) is -3.65. The van der Waals surface area contributed by atoms with Crippen LogP contribution in [-0.4, -0.2) is 56.9 Å². The van der Waals surface area contributed by atoms with Gasteiger partial charge in [-0.05, 0) is 49.9 Å². The molecule has 0 spiro atoms. The second kappa shape index (κ2) is 11.9. The predicted octanol–water partition coefficient (Wildman–Crippen LogP) is 4.08. The summed E-state index contributed by atoms with van der Waals surface area (Å²) in [4.78, 5) is 25.7. The van der Waals surface area contributed by atoms with Crippen LogP contribution in [0.5, 0.6) is 0 Å². The zero-order valence-corrected chi connectivity index (χ0v) is 22.0. The van der Waals surface area contributed by atoms with E-state index >= 15 is 0 Å². The van der Waals surface area contributed by atoms with Crippen molar-refractivity contribution in [1.82, 2.24) is 9.62 Å². The highest BCUT2D eigenvalue weighted by Crippen LogP contribution is 2.29. The van der Waals surface area contributed by atoms with Gasteiger partial charge in [0.05, 0.1) is 23.1 Å². The third kappa shape index (κ3) is 6.58. The standard InChI is InChI=1S/C25H29Cl2N3O5S/c26-21-7-3-8-22(27)20(21)16-36(33,34)30-12-10-17(11-13-30)24(31)29-23-9-2-1-6-19(23)25(32)28-15-18-5-4-14-35-18/h1-3,6-9,17-18H,4-5,10-16H2,(H,28,32)(H,29,31)/t18-/m1/s1. The van der Waals surface area contributed by atoms with E-state index in [1.807, 2.05) is 0 Å². The smallest absolute Gasteiger partial charge is 0.253 e. The highest BCUT2D eigenvalue weighted by atomic mass is 35.5. The van der Waals surface area contributed by atoms with E-state index < -0.39 is 10.0 Å². The fraction of sp³-hybridized carbons (Fsp3) is 0.440. The van der Waals surface area contributed by atoms with Crippen molar-refractivity contribution in [1.29, 1.82) is 0 Å². The number of rotatable bonds is 8. The van der Waals surface area contributed by atoms with Gasteiger partial charge in [0.1, 0.15) is 0 Å². The average molecular weight is 554 g/mol. The molecule has 36 heavy (non-hydrogen) atoms. The topological polar surface area (TPSA) is 105 Å². The van der Waals surface area contributed by atoms with E-state index in [0.29, 0.717) is 52.9 Å². The lowest BCUT2D eigenvalue weighted by Crippen LogP contribution is -2.42. The van der Waals surface area contributed by atoms with Gasteiger partial charge in [-0.15, -0.1) is 0 Å². The summed E-state index contributed by atoms with van der Waals surface area (Å²) in [6, 6.07) is 11.7. The first-order valence-electron chi connectivity index (χ1n) is 11.9. The number of hydrogen-bond acceptors (Lipinski definition) is 5. The molecular weight excluding hydrogens is 525 g/mol. The molecule has 0 aromatic heterocycles. The number of sulfonamides is 1. The van der Waals surface area contributed by atoms with Crippen molar-refractivity contribution >= 4 is 50.7 Å². The molecule has 4 rings (SSSR count). The number of nitrogens with zero attached hydrogens (tertiary/aromatic N) is 1. The second-order valence-electron chi connectivity index (χ2n) is 9.01. The van der Waals surface area contributed by atoms with Crippen LogP contribution in [0.25, 0.3) is 0 Å². The van der Waals surface area contributed by atoms with Crippen LogP contribution in [-0.2, 0) is 25.3 Å². The monoisotopic (exact) mass is 553 g/mol. The number of piperidine rings is 1. The van der Waals surface area contributed by atoms with Gasteiger partial charge in [0, 0.05) is 47.8 Å². The largest absolute Gasteiger partial charge is 0.376 e. The van der Waals surface area contributed by atoms with Crippen LogP contribution < -0.4 is 10.6 Å². The SMILES string of the molecule is O=C(NC[C@H]1CCCO1)c1ccccc1NC(=O)C1CCN(S(=O)(=O)Cc2c(Cl)cccc2Cl)CC1. The van der Waals surface area contributed by atoms with E-state index in [2.05, 4.69) is 10.6 Å². The van der Waals surface area contributed by atoms with Gasteiger partial charge >= 0.3 is 0 Å². The van der Waals surface area contributed by atoms with Crippen LogP contribution >= 0.6 is 23.2 Å². The number of carbonyl (C=O) groups excluding carboxylic acids is 2. The van der Waals surface area contributed by atoms with E-state index in [0.717, 1.165) is 12.8 Å². The zero-order valence-electron chi connectivity index (χ0n) is 19.7. The first kappa shape index (κ1) is 26.9. The molecular formula is C25H29Cl2N3O5S. The first-order chi connectivity index (χ1) is 17.2. The highest BCUT2D eigenvalue weighted by Gasteiger charge is 2.32. The van der Waals surface area contributed by atoms with Crippen LogP contribution in [0.15, 0.2) is 42.5 Å². The lowest BCUT2D eigenvalue weighted by Gasteiger charge is -2.31. The summed E-state index contributed by atoms with van der Waals surface area (Å²) < 4.78 is 32.8. The molecule has 0 bridgehead atoms. The molecule has 2 amide bonds. The molecule has 2 aromatic rings. The number of para-hydroxylation sites is 1. The number of halogens is 2. The van der Waals surface area contributed by atoms with Crippen molar-refractivity contribution in [3.05, 3.63) is 63.6 Å². The minimum Gasteiger partial charge on any atom is -0.376 e. The van der Waals surface area contributed by atoms with E-state index in [9.17, 15) is 18.0 Å². The number of nitrogens with one attached hydrogen (secondary N) is 2. The molecule has 2 aliphatic rings. The zero-order chi connectivity index (χ0) is 25.7. The first-order valence-corrected chi connectivity index (χ1v) is 14.3. The fourth-order valence-corrected chi connectivity index (χ4v) is 6.79. The minimum absolute atomic E-state index is 0.0195. The Bertz CT molecular complexity index is 1190. The molecule has 2 fully saturated rings. The van der Waals surface area contributed by atoms with Crippen LogP contribution in [0.3, 0.4) is 0 Å². The maximum absolute atomic E-state index is 13.0. The van der Waals surface area contributed by atoms with Gasteiger partial charge < -0.3 is 15.4 Å². The van der Waals surface area contributed by atoms with Gasteiger partial charge in [0.25, 0.3) is 5.91 Å². The lowest BCUT2D eigenvalue weighted by molar-refractivity contribution is -0.120. The van der Waals surface area contributed by atoms with Crippen LogP contribution in [0.4, 0.5) is 5.69 Å². The van der Waals surface area contributed by atoms with Gasteiger partial charge in [0.15, 0.2) is 0 Å². The molecule has 0 unspecified atom stereocenters. The maximum Gasteiger partial charge on any atom is 0.253 e. The Labute approximate surface area is 221 Å². The molecule has 2 saturated heterocycles. The Morgan fingerprint density at radius 2 is 1.69 bits per heavy atom. The Morgan fingerprint density at radius 3 is 2.36 bits per heavy atom. The van der Waals surface area contributed by atoms with Gasteiger partial charge in [-0.3, -0.25) is 9.59 Å². The van der Waals surface area contributed by atoms with Gasteiger partial charge in [-0.1, -0.05) is 41.4 Å². The van der Waals surface area contributed by atoms with Crippen molar-refractivity contribution in [3.63, 3.8) is 0 Å². The molecule has 2 heterocycles. The third-order valence-electron chi connectivity index (χ3n) is 6.55. The summed E-state index contributed by atoms with van der Waals surface area (Å²) in [5.74, 6) is -1.18. The van der Waals surface area contributed by atoms with Crippen molar-refractivity contribution in [2.24, 2.45) is 5.92 Å². The third-order valence-corrected chi connectivity index (χ3v) is 9.06. The van der Waals surface area contributed by atoms with Crippen LogP contribution in [0.1, 0.15) is 41.6 Å². The van der Waals surface area contributed by atoms with E-state index in [1.54, 1.807) is 42.5 Å². The van der Waals surface area contributed by atoms with Gasteiger partial charge in [-0.2, -0.15) is 0 Å². The quantitative estimate of drug-likeness (QED) is 0.512. The van der Waals surface area contributed by atoms with E-state index in [-0.39, 0.29) is 42.7 Å². The Kier molecular flexibility index (Phi) is 8.90. The second-order valence-corrected chi connectivity index (χ2v) is 11.8. The number of benzene rings is 2. The Balaban J connectivity index is 1.33. The molecule has 2 aliphatic heterocycles. The Hall–Kier alpha value is -2.17. The summed E-state index contributed by atoms with van der Waals surface area (Å²) in [5.41, 5.74) is 1.17. The molecule has 8 nitrogen and oxygen atoms in total. The summed E-state index contributed by atoms with van der Waals surface area (Å²) in [6.45, 7) is 1.56. The van der Waals surface area contributed by atoms with Crippen molar-refractivity contribution in [3.8, 4) is 0 Å². The minimum atomic E-state index is -3.65. The molecule has 194 valence electrons. The molecule has 2 N–H and O–H groups in total. The number of hydrogen-bond donors (Lipinski definition) is 2. The highest BCUT2D eigenvalue weighted by molar-refractivity contribution is 7.88. The van der Waals surface area contributed by atoms with Crippen molar-refractivity contribution < 1.29 is 22.7 Å². The van der Waals surface area contributed by atoms with Crippen molar-refractivity contribution in [2.45, 2.75) is 37.5 Å². The number of carbonyl (C=O) groups is 2.